The molecule has 44 heavy (non-hydrogen) atoms. The summed E-state index contributed by atoms with van der Waals surface area (Å²) in [5, 5.41) is 2.90. The van der Waals surface area contributed by atoms with Gasteiger partial charge in [0.15, 0.2) is 22.8 Å². The number of anilines is 1. The first-order valence-corrected chi connectivity index (χ1v) is 15.0. The van der Waals surface area contributed by atoms with Gasteiger partial charge in [-0.05, 0) is 60.2 Å². The first kappa shape index (κ1) is 28.8. The number of amides is 1. The molecule has 0 bridgehead atoms. The van der Waals surface area contributed by atoms with Crippen molar-refractivity contribution in [1.29, 1.82) is 0 Å². The van der Waals surface area contributed by atoms with Crippen LogP contribution in [0.1, 0.15) is 10.4 Å². The highest BCUT2D eigenvalue weighted by Gasteiger charge is 2.27. The van der Waals surface area contributed by atoms with Crippen LogP contribution in [0.4, 0.5) is 14.5 Å². The van der Waals surface area contributed by atoms with Gasteiger partial charge in [-0.1, -0.05) is 0 Å². The number of sulfonamides is 1. The molecule has 1 N–H and O–H groups in total. The largest absolute Gasteiger partial charge is 0.493 e. The zero-order chi connectivity index (χ0) is 31.3. The Morgan fingerprint density at radius 3 is 2.39 bits per heavy atom. The van der Waals surface area contributed by atoms with Crippen molar-refractivity contribution in [2.75, 3.05) is 31.8 Å². The van der Waals surface area contributed by atoms with E-state index in [1.807, 2.05) is 0 Å². The lowest BCUT2D eigenvalue weighted by Crippen LogP contribution is -2.25. The second-order valence-electron chi connectivity index (χ2n) is 9.87. The molecule has 13 heteroatoms. The Balaban J connectivity index is 1.66. The molecule has 0 aliphatic carbocycles. The van der Waals surface area contributed by atoms with Gasteiger partial charge in [-0.2, -0.15) is 4.98 Å². The molecule has 0 aliphatic heterocycles. The molecule has 3 aromatic carbocycles. The van der Waals surface area contributed by atoms with Crippen LogP contribution in [0.15, 0.2) is 75.7 Å². The standard InChI is InChI=1S/C31H24F2N4O6S/c1-34-30(38)26-20-14-19(17-12-21(28(41-3)22(33)13-17)31-36-29-24(43-31)6-5-11-35-29)23(37(2)44(4,39)40)15-25(20)42-27(26)16-7-9-18(32)10-8-16/h5-15H,1-4H3,(H,34,38). The number of carbonyl (C=O) groups is 1. The molecular weight excluding hydrogens is 594 g/mol. The van der Waals surface area contributed by atoms with E-state index >= 15 is 4.39 Å². The molecule has 0 radical (unpaired) electrons. The van der Waals surface area contributed by atoms with Crippen molar-refractivity contribution in [3.8, 4) is 39.7 Å². The molecule has 224 valence electrons. The number of nitrogens with one attached hydrogen (secondary N) is 1. The van der Waals surface area contributed by atoms with Crippen molar-refractivity contribution in [3.05, 3.63) is 84.1 Å². The molecule has 3 aromatic heterocycles. The maximum Gasteiger partial charge on any atom is 0.255 e. The second-order valence-corrected chi connectivity index (χ2v) is 11.9. The van der Waals surface area contributed by atoms with E-state index in [-0.39, 0.29) is 50.9 Å². The summed E-state index contributed by atoms with van der Waals surface area (Å²) in [6.45, 7) is 0. The van der Waals surface area contributed by atoms with Gasteiger partial charge in [-0.15, -0.1) is 0 Å². The van der Waals surface area contributed by atoms with E-state index in [0.717, 1.165) is 10.6 Å². The Kier molecular flexibility index (Phi) is 7.04. The van der Waals surface area contributed by atoms with Crippen LogP contribution in [0.5, 0.6) is 5.75 Å². The summed E-state index contributed by atoms with van der Waals surface area (Å²) in [5.41, 5.74) is 2.17. The summed E-state index contributed by atoms with van der Waals surface area (Å²) in [6, 6.07) is 14.5. The highest BCUT2D eigenvalue weighted by Crippen LogP contribution is 2.44. The molecule has 0 atom stereocenters. The molecular formula is C31H24F2N4O6S. The van der Waals surface area contributed by atoms with E-state index in [0.29, 0.717) is 22.2 Å². The summed E-state index contributed by atoms with van der Waals surface area (Å²) >= 11 is 0. The van der Waals surface area contributed by atoms with Crippen molar-refractivity contribution in [2.45, 2.75) is 0 Å². The van der Waals surface area contributed by atoms with Crippen LogP contribution in [0.3, 0.4) is 0 Å². The minimum absolute atomic E-state index is 0.0309. The number of fused-ring (bicyclic) bond motifs is 2. The minimum atomic E-state index is -3.83. The Bertz CT molecular complexity index is 2160. The molecule has 10 nitrogen and oxygen atoms in total. The number of nitrogens with zero attached hydrogens (tertiary/aromatic N) is 3. The zero-order valence-corrected chi connectivity index (χ0v) is 24.6. The number of hydrogen-bond donors (Lipinski definition) is 1. The SMILES string of the molecule is CNC(=O)c1c(-c2ccc(F)cc2)oc2cc(N(C)S(C)(=O)=O)c(-c3cc(F)c(OC)c(-c4nc5ncccc5o4)c3)cc12. The van der Waals surface area contributed by atoms with E-state index in [1.54, 1.807) is 30.5 Å². The van der Waals surface area contributed by atoms with E-state index in [4.69, 9.17) is 13.6 Å². The number of methoxy groups -OCH3 is 1. The van der Waals surface area contributed by atoms with Gasteiger partial charge in [0.2, 0.25) is 15.9 Å². The Hall–Kier alpha value is -5.30. The Morgan fingerprint density at radius 2 is 1.73 bits per heavy atom. The highest BCUT2D eigenvalue weighted by molar-refractivity contribution is 7.92. The van der Waals surface area contributed by atoms with Crippen LogP contribution in [-0.4, -0.2) is 51.8 Å². The van der Waals surface area contributed by atoms with E-state index in [9.17, 15) is 17.6 Å². The summed E-state index contributed by atoms with van der Waals surface area (Å²) in [5.74, 6) is -1.72. The summed E-state index contributed by atoms with van der Waals surface area (Å²) in [6.07, 6.45) is 2.56. The maximum absolute atomic E-state index is 15.7. The van der Waals surface area contributed by atoms with Gasteiger partial charge in [-0.25, -0.2) is 22.2 Å². The maximum atomic E-state index is 15.7. The number of aromatic nitrogens is 2. The first-order valence-electron chi connectivity index (χ1n) is 13.1. The number of ether oxygens (including phenoxy) is 1. The third kappa shape index (κ3) is 4.90. The number of oxazole rings is 1. The fraction of sp³-hybridized carbons (Fsp3) is 0.129. The number of halogens is 2. The molecule has 6 rings (SSSR count). The lowest BCUT2D eigenvalue weighted by Gasteiger charge is -2.21. The smallest absolute Gasteiger partial charge is 0.255 e. The molecule has 0 unspecified atom stereocenters. The van der Waals surface area contributed by atoms with Crippen LogP contribution < -0.4 is 14.4 Å². The molecule has 0 fully saturated rings. The predicted molar refractivity (Wildman–Crippen MR) is 161 cm³/mol. The number of rotatable bonds is 7. The van der Waals surface area contributed by atoms with Gasteiger partial charge in [0.25, 0.3) is 5.91 Å². The second kappa shape index (κ2) is 10.8. The lowest BCUT2D eigenvalue weighted by molar-refractivity contribution is 0.0964. The van der Waals surface area contributed by atoms with Gasteiger partial charge in [0.05, 0.1) is 30.2 Å². The average Bonchev–Trinajstić information content (AvgIpc) is 3.60. The van der Waals surface area contributed by atoms with Crippen LogP contribution in [0.2, 0.25) is 0 Å². The number of furan rings is 1. The molecule has 6 aromatic rings. The van der Waals surface area contributed by atoms with Crippen molar-refractivity contribution >= 4 is 43.8 Å². The summed E-state index contributed by atoms with van der Waals surface area (Å²) in [4.78, 5) is 21.7. The average molecular weight is 619 g/mol. The monoisotopic (exact) mass is 618 g/mol. The van der Waals surface area contributed by atoms with Gasteiger partial charge >= 0.3 is 0 Å². The highest BCUT2D eigenvalue weighted by atomic mass is 32.2. The zero-order valence-electron chi connectivity index (χ0n) is 23.8. The van der Waals surface area contributed by atoms with Crippen molar-refractivity contribution < 1.29 is 35.6 Å². The molecule has 0 aliphatic rings. The fourth-order valence-corrected chi connectivity index (χ4v) is 5.47. The molecule has 0 saturated carbocycles. The van der Waals surface area contributed by atoms with E-state index in [2.05, 4.69) is 15.3 Å². The summed E-state index contributed by atoms with van der Waals surface area (Å²) < 4.78 is 73.2. The quantitative estimate of drug-likeness (QED) is 0.230. The molecule has 3 heterocycles. The van der Waals surface area contributed by atoms with Gasteiger partial charge < -0.3 is 18.9 Å². The van der Waals surface area contributed by atoms with Crippen LogP contribution in [-0.2, 0) is 10.0 Å². The van der Waals surface area contributed by atoms with Crippen molar-refractivity contribution in [3.63, 3.8) is 0 Å². The van der Waals surface area contributed by atoms with Crippen LogP contribution in [0, 0.1) is 11.6 Å². The Labute approximate surface area is 249 Å². The minimum Gasteiger partial charge on any atom is -0.493 e. The molecule has 1 amide bonds. The topological polar surface area (TPSA) is 128 Å². The fourth-order valence-electron chi connectivity index (χ4n) is 4.96. The van der Waals surface area contributed by atoms with E-state index in [1.165, 1.54) is 57.6 Å². The van der Waals surface area contributed by atoms with E-state index < -0.39 is 27.6 Å². The van der Waals surface area contributed by atoms with Gasteiger partial charge in [0, 0.05) is 42.9 Å². The first-order chi connectivity index (χ1) is 21.0. The number of carbonyl (C=O) groups excluding carboxylic acids is 1. The van der Waals surface area contributed by atoms with Crippen molar-refractivity contribution in [2.24, 2.45) is 0 Å². The third-order valence-electron chi connectivity index (χ3n) is 7.16. The molecule has 0 spiro atoms. The van der Waals surface area contributed by atoms with Crippen LogP contribution in [0.25, 0.3) is 56.1 Å². The van der Waals surface area contributed by atoms with Gasteiger partial charge in [0.1, 0.15) is 17.2 Å². The Morgan fingerprint density at radius 1 is 0.977 bits per heavy atom. The normalized spacial score (nSPS) is 11.7. The van der Waals surface area contributed by atoms with Crippen LogP contribution >= 0.6 is 0 Å². The number of benzene rings is 3. The predicted octanol–water partition coefficient (Wildman–Crippen LogP) is 6.01. The molecule has 0 saturated heterocycles. The number of pyridine rings is 1. The van der Waals surface area contributed by atoms with Gasteiger partial charge in [-0.3, -0.25) is 9.10 Å². The number of hydrogen-bond acceptors (Lipinski definition) is 8. The van der Waals surface area contributed by atoms with Crippen molar-refractivity contribution in [1.82, 2.24) is 15.3 Å². The lowest BCUT2D eigenvalue weighted by atomic mass is 9.96. The summed E-state index contributed by atoms with van der Waals surface area (Å²) in [7, 11) is 0.266. The third-order valence-corrected chi connectivity index (χ3v) is 8.35.